The Morgan fingerprint density at radius 3 is 2.44 bits per heavy atom. The molecule has 0 amide bonds. The second kappa shape index (κ2) is 6.12. The molecule has 1 N–H and O–H groups in total. The molecule has 2 fully saturated rings. The zero-order valence-corrected chi connectivity index (χ0v) is 13.5. The minimum absolute atomic E-state index is 0.360. The molecule has 1 spiro atoms. The highest BCUT2D eigenvalue weighted by Gasteiger charge is 2.40. The van der Waals surface area contributed by atoms with Gasteiger partial charge in [-0.25, -0.2) is 9.18 Å². The third-order valence-corrected chi connectivity index (χ3v) is 4.71. The van der Waals surface area contributed by atoms with Crippen LogP contribution >= 0.6 is 0 Å². The van der Waals surface area contributed by atoms with Crippen molar-refractivity contribution in [3.63, 3.8) is 0 Å². The summed E-state index contributed by atoms with van der Waals surface area (Å²) >= 11 is 0. The molecule has 0 bridgehead atoms. The molecule has 2 aliphatic heterocycles. The van der Waals surface area contributed by atoms with E-state index in [1.54, 1.807) is 12.1 Å². The normalized spacial score (nSPS) is 19.5. The fourth-order valence-corrected chi connectivity index (χ4v) is 3.40. The van der Waals surface area contributed by atoms with Crippen molar-refractivity contribution >= 4 is 5.69 Å². The van der Waals surface area contributed by atoms with Crippen LogP contribution in [0.1, 0.15) is 12.8 Å². The lowest BCUT2D eigenvalue weighted by molar-refractivity contribution is -0.169. The lowest BCUT2D eigenvalue weighted by Crippen LogP contribution is -2.45. The number of hydrogen-bond acceptors (Lipinski definition) is 5. The maximum Gasteiger partial charge on any atom is 0.332 e. The van der Waals surface area contributed by atoms with Gasteiger partial charge in [0, 0.05) is 44.3 Å². The summed E-state index contributed by atoms with van der Waals surface area (Å²) in [5, 5.41) is 0. The van der Waals surface area contributed by atoms with E-state index in [9.17, 15) is 14.0 Å². The molecule has 8 heteroatoms. The van der Waals surface area contributed by atoms with E-state index >= 15 is 0 Å². The summed E-state index contributed by atoms with van der Waals surface area (Å²) in [6, 6.07) is 5.82. The predicted octanol–water partition coefficient (Wildman–Crippen LogP) is 1.01. The van der Waals surface area contributed by atoms with Crippen molar-refractivity contribution in [1.82, 2.24) is 9.55 Å². The van der Waals surface area contributed by atoms with Crippen molar-refractivity contribution in [2.24, 2.45) is 0 Å². The van der Waals surface area contributed by atoms with Crippen LogP contribution < -0.4 is 16.1 Å². The standard InChI is InChI=1S/C17H18FN3O4/c18-13-11-12(21-6-3-15(22)19-16(21)23)1-2-14(13)20-7-4-17(5-8-20)24-9-10-25-17/h1-3,6,11H,4-5,7-10H2,(H,19,22,23). The molecular weight excluding hydrogens is 329 g/mol. The van der Waals surface area contributed by atoms with E-state index in [1.165, 1.54) is 22.9 Å². The molecule has 7 nitrogen and oxygen atoms in total. The number of anilines is 1. The van der Waals surface area contributed by atoms with Gasteiger partial charge in [0.15, 0.2) is 5.79 Å². The van der Waals surface area contributed by atoms with Crippen LogP contribution in [0.5, 0.6) is 0 Å². The van der Waals surface area contributed by atoms with Crippen LogP contribution in [-0.4, -0.2) is 41.6 Å². The second-order valence-electron chi connectivity index (χ2n) is 6.21. The molecule has 2 aromatic rings. The quantitative estimate of drug-likeness (QED) is 0.877. The molecule has 2 saturated heterocycles. The molecule has 0 unspecified atom stereocenters. The molecule has 25 heavy (non-hydrogen) atoms. The highest BCUT2D eigenvalue weighted by Crippen LogP contribution is 2.34. The Kier molecular flexibility index (Phi) is 3.93. The summed E-state index contributed by atoms with van der Waals surface area (Å²) < 4.78 is 27.2. The van der Waals surface area contributed by atoms with Crippen LogP contribution in [0.2, 0.25) is 0 Å². The minimum atomic E-state index is -0.602. The van der Waals surface area contributed by atoms with Crippen molar-refractivity contribution in [3.05, 3.63) is 57.1 Å². The highest BCUT2D eigenvalue weighted by molar-refractivity contribution is 5.52. The largest absolute Gasteiger partial charge is 0.369 e. The van der Waals surface area contributed by atoms with Crippen molar-refractivity contribution in [2.45, 2.75) is 18.6 Å². The SMILES string of the molecule is O=c1ccn(-c2ccc(N3CCC4(CC3)OCCO4)c(F)c2)c(=O)[nH]1. The summed E-state index contributed by atoms with van der Waals surface area (Å²) in [4.78, 5) is 27.1. The third kappa shape index (κ3) is 2.98. The average molecular weight is 347 g/mol. The fourth-order valence-electron chi connectivity index (χ4n) is 3.40. The molecule has 1 aromatic carbocycles. The number of ether oxygens (including phenoxy) is 2. The number of benzene rings is 1. The number of H-pyrrole nitrogens is 1. The van der Waals surface area contributed by atoms with Crippen LogP contribution in [-0.2, 0) is 9.47 Å². The van der Waals surface area contributed by atoms with Crippen LogP contribution in [0.25, 0.3) is 5.69 Å². The summed E-state index contributed by atoms with van der Waals surface area (Å²) in [7, 11) is 0. The molecule has 3 heterocycles. The van der Waals surface area contributed by atoms with Crippen LogP contribution in [0.4, 0.5) is 10.1 Å². The van der Waals surface area contributed by atoms with Crippen molar-refractivity contribution in [2.75, 3.05) is 31.2 Å². The summed E-state index contributed by atoms with van der Waals surface area (Å²) in [6.45, 7) is 2.48. The number of piperidine rings is 1. The molecule has 2 aliphatic rings. The van der Waals surface area contributed by atoms with E-state index in [1.807, 2.05) is 4.90 Å². The maximum absolute atomic E-state index is 14.6. The Labute approximate surface area is 142 Å². The number of rotatable bonds is 2. The van der Waals surface area contributed by atoms with Gasteiger partial charge in [0.25, 0.3) is 5.56 Å². The van der Waals surface area contributed by atoms with Gasteiger partial charge in [-0.05, 0) is 12.1 Å². The molecule has 1 aromatic heterocycles. The average Bonchev–Trinajstić information content (AvgIpc) is 3.04. The summed E-state index contributed by atoms with van der Waals surface area (Å²) in [5.41, 5.74) is -0.250. The lowest BCUT2D eigenvalue weighted by atomic mass is 10.0. The maximum atomic E-state index is 14.6. The van der Waals surface area contributed by atoms with Gasteiger partial charge in [-0.15, -0.1) is 0 Å². The van der Waals surface area contributed by atoms with Gasteiger partial charge in [0.2, 0.25) is 0 Å². The van der Waals surface area contributed by atoms with Gasteiger partial charge >= 0.3 is 5.69 Å². The van der Waals surface area contributed by atoms with Gasteiger partial charge in [0.05, 0.1) is 24.6 Å². The van der Waals surface area contributed by atoms with Crippen LogP contribution in [0.3, 0.4) is 0 Å². The van der Waals surface area contributed by atoms with Crippen LogP contribution in [0.15, 0.2) is 40.1 Å². The topological polar surface area (TPSA) is 76.6 Å². The Morgan fingerprint density at radius 2 is 1.80 bits per heavy atom. The molecule has 0 radical (unpaired) electrons. The zero-order chi connectivity index (χ0) is 17.4. The summed E-state index contributed by atoms with van der Waals surface area (Å²) in [5.74, 6) is -0.921. The number of hydrogen-bond donors (Lipinski definition) is 1. The van der Waals surface area contributed by atoms with Crippen molar-refractivity contribution in [3.8, 4) is 5.69 Å². The molecule has 4 rings (SSSR count). The Morgan fingerprint density at radius 1 is 1.08 bits per heavy atom. The van der Waals surface area contributed by atoms with Crippen LogP contribution in [0, 0.1) is 5.82 Å². The number of halogens is 1. The number of nitrogens with one attached hydrogen (secondary N) is 1. The first-order valence-corrected chi connectivity index (χ1v) is 8.21. The van der Waals surface area contributed by atoms with E-state index in [-0.39, 0.29) is 0 Å². The Balaban J connectivity index is 1.56. The number of nitrogens with zero attached hydrogens (tertiary/aromatic N) is 2. The number of aromatic amines is 1. The Bertz CT molecular complexity index is 891. The van der Waals surface area contributed by atoms with E-state index in [0.29, 0.717) is 50.5 Å². The molecular formula is C17H18FN3O4. The second-order valence-corrected chi connectivity index (χ2v) is 6.21. The fraction of sp³-hybridized carbons (Fsp3) is 0.412. The Hall–Kier alpha value is -2.45. The first-order chi connectivity index (χ1) is 12.1. The first kappa shape index (κ1) is 16.0. The molecule has 0 atom stereocenters. The lowest BCUT2D eigenvalue weighted by Gasteiger charge is -2.38. The van der Waals surface area contributed by atoms with Crippen molar-refractivity contribution < 1.29 is 13.9 Å². The van der Waals surface area contributed by atoms with E-state index in [2.05, 4.69) is 4.98 Å². The molecule has 0 saturated carbocycles. The van der Waals surface area contributed by atoms with Crippen molar-refractivity contribution in [1.29, 1.82) is 0 Å². The number of aromatic nitrogens is 2. The molecule has 0 aliphatic carbocycles. The monoisotopic (exact) mass is 347 g/mol. The van der Waals surface area contributed by atoms with Gasteiger partial charge in [0.1, 0.15) is 5.82 Å². The van der Waals surface area contributed by atoms with E-state index in [0.717, 1.165) is 0 Å². The van der Waals surface area contributed by atoms with Gasteiger partial charge in [-0.3, -0.25) is 14.3 Å². The minimum Gasteiger partial charge on any atom is -0.369 e. The third-order valence-electron chi connectivity index (χ3n) is 4.71. The van der Waals surface area contributed by atoms with E-state index in [4.69, 9.17) is 9.47 Å². The van der Waals surface area contributed by atoms with Gasteiger partial charge in [-0.1, -0.05) is 0 Å². The molecule has 132 valence electrons. The van der Waals surface area contributed by atoms with Gasteiger partial charge < -0.3 is 14.4 Å². The summed E-state index contributed by atoms with van der Waals surface area (Å²) in [6.07, 6.45) is 2.70. The zero-order valence-electron chi connectivity index (χ0n) is 13.5. The van der Waals surface area contributed by atoms with Gasteiger partial charge in [-0.2, -0.15) is 0 Å². The first-order valence-electron chi connectivity index (χ1n) is 8.21. The predicted molar refractivity (Wildman–Crippen MR) is 88.7 cm³/mol. The van der Waals surface area contributed by atoms with E-state index < -0.39 is 22.9 Å². The highest BCUT2D eigenvalue weighted by atomic mass is 19.1. The smallest absolute Gasteiger partial charge is 0.332 e.